The molecule has 1 aliphatic rings. The van der Waals surface area contributed by atoms with Gasteiger partial charge < -0.3 is 10.4 Å². The molecule has 0 unspecified atom stereocenters. The van der Waals surface area contributed by atoms with Crippen molar-refractivity contribution in [1.29, 1.82) is 0 Å². The number of nitrogens with zero attached hydrogens (tertiary/aromatic N) is 1. The summed E-state index contributed by atoms with van der Waals surface area (Å²) in [5, 5.41) is 13.2. The van der Waals surface area contributed by atoms with E-state index in [1.54, 1.807) is 0 Å². The molecule has 1 saturated heterocycles. The fourth-order valence-electron chi connectivity index (χ4n) is 2.04. The minimum absolute atomic E-state index is 0. The van der Waals surface area contributed by atoms with Crippen molar-refractivity contribution in [2.45, 2.75) is 38.0 Å². The number of nitrogens with one attached hydrogen (secondary N) is 1. The monoisotopic (exact) mass is 282 g/mol. The first kappa shape index (κ1) is 16.6. The Bertz CT molecular complexity index is 368. The second kappa shape index (κ2) is 5.96. The maximum Gasteiger partial charge on any atom is 0.141 e. The van der Waals surface area contributed by atoms with E-state index < -0.39 is 11.9 Å². The zero-order chi connectivity index (χ0) is 11.1. The van der Waals surface area contributed by atoms with Crippen molar-refractivity contribution in [3.8, 4) is 0 Å². The van der Waals surface area contributed by atoms with Crippen molar-refractivity contribution in [3.63, 3.8) is 0 Å². The largest absolute Gasteiger partial charge is 0.387 e. The van der Waals surface area contributed by atoms with Crippen LogP contribution >= 0.6 is 24.8 Å². The van der Waals surface area contributed by atoms with Gasteiger partial charge in [-0.1, -0.05) is 0 Å². The predicted molar refractivity (Wildman–Crippen MR) is 69.3 cm³/mol. The van der Waals surface area contributed by atoms with E-state index in [1.165, 1.54) is 12.3 Å². The maximum atomic E-state index is 12.9. The maximum absolute atomic E-state index is 12.9. The van der Waals surface area contributed by atoms with Crippen LogP contribution in [0.2, 0.25) is 0 Å². The number of aliphatic hydroxyl groups is 1. The van der Waals surface area contributed by atoms with Crippen LogP contribution in [-0.4, -0.2) is 21.7 Å². The van der Waals surface area contributed by atoms with Crippen LogP contribution in [0.25, 0.3) is 0 Å². The number of aliphatic hydroxyl groups excluding tert-OH is 1. The molecule has 2 N–H and O–H groups in total. The molecule has 2 atom stereocenters. The number of hydrogen-bond acceptors (Lipinski definition) is 3. The van der Waals surface area contributed by atoms with Crippen LogP contribution in [-0.2, 0) is 0 Å². The minimum atomic E-state index is -0.679. The summed E-state index contributed by atoms with van der Waals surface area (Å²) < 4.78 is 12.9. The summed E-state index contributed by atoms with van der Waals surface area (Å²) in [4.78, 5) is 3.72. The second-order valence-corrected chi connectivity index (χ2v) is 4.72. The van der Waals surface area contributed by atoms with Crippen LogP contribution < -0.4 is 5.32 Å². The predicted octanol–water partition coefficient (Wildman–Crippen LogP) is 2.24. The van der Waals surface area contributed by atoms with Gasteiger partial charge in [-0.2, -0.15) is 0 Å². The number of rotatable bonds is 2. The SMILES string of the molecule is CC1(C)C[C@@H]([C@H](O)c2cncc(F)c2)N1.Cl.Cl. The summed E-state index contributed by atoms with van der Waals surface area (Å²) in [6.07, 6.45) is 2.83. The molecule has 0 spiro atoms. The molecule has 2 heterocycles. The van der Waals surface area contributed by atoms with Gasteiger partial charge in [-0.15, -0.1) is 24.8 Å². The molecule has 1 aromatic heterocycles. The van der Waals surface area contributed by atoms with Gasteiger partial charge in [0.25, 0.3) is 0 Å². The van der Waals surface area contributed by atoms with Crippen molar-refractivity contribution < 1.29 is 9.50 Å². The molecule has 1 aliphatic heterocycles. The van der Waals surface area contributed by atoms with Crippen LogP contribution in [0.3, 0.4) is 0 Å². The fraction of sp³-hybridized carbons (Fsp3) is 0.545. The van der Waals surface area contributed by atoms with Crippen molar-refractivity contribution in [1.82, 2.24) is 10.3 Å². The second-order valence-electron chi connectivity index (χ2n) is 4.72. The molecule has 98 valence electrons. The van der Waals surface area contributed by atoms with E-state index in [0.717, 1.165) is 12.6 Å². The van der Waals surface area contributed by atoms with E-state index in [4.69, 9.17) is 0 Å². The summed E-state index contributed by atoms with van der Waals surface area (Å²) in [5.41, 5.74) is 0.606. The molecular weight excluding hydrogens is 266 g/mol. The molecule has 0 aliphatic carbocycles. The lowest BCUT2D eigenvalue weighted by atomic mass is 9.81. The molecule has 3 nitrogen and oxygen atoms in total. The zero-order valence-electron chi connectivity index (χ0n) is 9.68. The summed E-state index contributed by atoms with van der Waals surface area (Å²) in [7, 11) is 0. The first-order chi connectivity index (χ1) is 6.98. The van der Waals surface area contributed by atoms with Gasteiger partial charge in [0.15, 0.2) is 0 Å². The summed E-state index contributed by atoms with van der Waals surface area (Å²) in [5.74, 6) is -0.412. The molecule has 0 saturated carbocycles. The van der Waals surface area contributed by atoms with Gasteiger partial charge in [-0.25, -0.2) is 4.39 Å². The van der Waals surface area contributed by atoms with Gasteiger partial charge in [0, 0.05) is 23.3 Å². The zero-order valence-corrected chi connectivity index (χ0v) is 11.3. The van der Waals surface area contributed by atoms with Gasteiger partial charge >= 0.3 is 0 Å². The minimum Gasteiger partial charge on any atom is -0.387 e. The number of halogens is 3. The lowest BCUT2D eigenvalue weighted by Gasteiger charge is -2.46. The van der Waals surface area contributed by atoms with Gasteiger partial charge in [-0.05, 0) is 26.3 Å². The first-order valence-corrected chi connectivity index (χ1v) is 5.04. The van der Waals surface area contributed by atoms with E-state index >= 15 is 0 Å². The van der Waals surface area contributed by atoms with Crippen molar-refractivity contribution in [2.24, 2.45) is 0 Å². The smallest absolute Gasteiger partial charge is 0.141 e. The van der Waals surface area contributed by atoms with Gasteiger partial charge in [0.1, 0.15) is 5.82 Å². The standard InChI is InChI=1S/C11H15FN2O.2ClH/c1-11(2)4-9(14-11)10(15)7-3-8(12)6-13-5-7;;/h3,5-6,9-10,14-15H,4H2,1-2H3;2*1H/t9-,10+;;/m0../s1. The van der Waals surface area contributed by atoms with Crippen LogP contribution in [0.5, 0.6) is 0 Å². The van der Waals surface area contributed by atoms with Crippen molar-refractivity contribution in [3.05, 3.63) is 29.8 Å². The van der Waals surface area contributed by atoms with Gasteiger partial charge in [-0.3, -0.25) is 4.98 Å². The highest BCUT2D eigenvalue weighted by Gasteiger charge is 2.39. The fourth-order valence-corrected chi connectivity index (χ4v) is 2.04. The van der Waals surface area contributed by atoms with E-state index in [2.05, 4.69) is 24.1 Å². The average Bonchev–Trinajstić information content (AvgIpc) is 2.13. The van der Waals surface area contributed by atoms with E-state index in [-0.39, 0.29) is 36.4 Å². The lowest BCUT2D eigenvalue weighted by molar-refractivity contribution is 0.0386. The molecular formula is C11H17Cl2FN2O. The molecule has 1 aromatic rings. The number of hydrogen-bond donors (Lipinski definition) is 2. The number of pyridine rings is 1. The van der Waals surface area contributed by atoms with E-state index in [0.29, 0.717) is 5.56 Å². The Kier molecular flexibility index (Phi) is 5.81. The Labute approximate surface area is 113 Å². The number of aromatic nitrogens is 1. The molecule has 6 heteroatoms. The highest BCUT2D eigenvalue weighted by molar-refractivity contribution is 5.85. The molecule has 2 rings (SSSR count). The third kappa shape index (κ3) is 3.78. The Balaban J connectivity index is 0.00000128. The Morgan fingerprint density at radius 2 is 2.06 bits per heavy atom. The van der Waals surface area contributed by atoms with E-state index in [9.17, 15) is 9.50 Å². The third-order valence-corrected chi connectivity index (χ3v) is 2.76. The molecule has 1 fully saturated rings. The van der Waals surface area contributed by atoms with Crippen LogP contribution in [0.15, 0.2) is 18.5 Å². The topological polar surface area (TPSA) is 45.2 Å². The van der Waals surface area contributed by atoms with Crippen molar-refractivity contribution in [2.75, 3.05) is 0 Å². The van der Waals surface area contributed by atoms with Crippen molar-refractivity contribution >= 4 is 24.8 Å². The van der Waals surface area contributed by atoms with Gasteiger partial charge in [0.05, 0.1) is 12.3 Å². The Hall–Kier alpha value is -0.420. The summed E-state index contributed by atoms with van der Waals surface area (Å²) in [6, 6.07) is 1.33. The normalized spacial score (nSPS) is 22.7. The van der Waals surface area contributed by atoms with Crippen LogP contribution in [0.1, 0.15) is 31.9 Å². The highest BCUT2D eigenvalue weighted by Crippen LogP contribution is 2.31. The Morgan fingerprint density at radius 3 is 2.53 bits per heavy atom. The first-order valence-electron chi connectivity index (χ1n) is 5.04. The summed E-state index contributed by atoms with van der Waals surface area (Å²) in [6.45, 7) is 4.14. The third-order valence-electron chi connectivity index (χ3n) is 2.76. The van der Waals surface area contributed by atoms with Gasteiger partial charge in [0.2, 0.25) is 0 Å². The van der Waals surface area contributed by atoms with Crippen LogP contribution in [0.4, 0.5) is 4.39 Å². The molecule has 0 amide bonds. The Morgan fingerprint density at radius 1 is 1.47 bits per heavy atom. The lowest BCUT2D eigenvalue weighted by Crippen LogP contribution is -2.61. The summed E-state index contributed by atoms with van der Waals surface area (Å²) >= 11 is 0. The molecule has 17 heavy (non-hydrogen) atoms. The average molecular weight is 283 g/mol. The molecule has 0 aromatic carbocycles. The van der Waals surface area contributed by atoms with E-state index in [1.807, 2.05) is 0 Å². The quantitative estimate of drug-likeness (QED) is 0.875. The highest BCUT2D eigenvalue weighted by atomic mass is 35.5. The molecule has 0 radical (unpaired) electrons. The molecule has 0 bridgehead atoms. The van der Waals surface area contributed by atoms with Crippen LogP contribution in [0, 0.1) is 5.82 Å².